The van der Waals surface area contributed by atoms with Crippen LogP contribution in [0.2, 0.25) is 5.02 Å². The Hall–Kier alpha value is -3.91. The molecular formula is C30H38ClN7O5S. The third-order valence-electron chi connectivity index (χ3n) is 7.14. The number of ether oxygens (including phenoxy) is 2. The van der Waals surface area contributed by atoms with Crippen LogP contribution in [0.3, 0.4) is 0 Å². The number of nitrogens with zero attached hydrogens (tertiary/aromatic N) is 4. The first-order chi connectivity index (χ1) is 21.1. The number of halogens is 1. The molecule has 0 saturated carbocycles. The van der Waals surface area contributed by atoms with Crippen LogP contribution < -0.4 is 25.6 Å². The Morgan fingerprint density at radius 2 is 1.82 bits per heavy atom. The van der Waals surface area contributed by atoms with Gasteiger partial charge in [0.05, 0.1) is 52.8 Å². The summed E-state index contributed by atoms with van der Waals surface area (Å²) in [6.07, 6.45) is 2.62. The maximum Gasteiger partial charge on any atom is 0.247 e. The van der Waals surface area contributed by atoms with Crippen molar-refractivity contribution in [1.29, 1.82) is 0 Å². The lowest BCUT2D eigenvalue weighted by atomic mass is 10.1. The lowest BCUT2D eigenvalue weighted by Gasteiger charge is -2.37. The fourth-order valence-electron chi connectivity index (χ4n) is 4.65. The van der Waals surface area contributed by atoms with Crippen molar-refractivity contribution in [3.05, 3.63) is 60.3 Å². The van der Waals surface area contributed by atoms with Gasteiger partial charge < -0.3 is 30.3 Å². The fraction of sp³-hybridized carbons (Fsp3) is 0.367. The zero-order valence-electron chi connectivity index (χ0n) is 25.3. The number of amides is 1. The van der Waals surface area contributed by atoms with Crippen molar-refractivity contribution in [2.75, 3.05) is 74.4 Å². The molecule has 2 heterocycles. The molecule has 236 valence electrons. The second kappa shape index (κ2) is 14.7. The molecule has 1 aliphatic rings. The Morgan fingerprint density at radius 1 is 1.09 bits per heavy atom. The maximum absolute atomic E-state index is 13.0. The van der Waals surface area contributed by atoms with Crippen LogP contribution >= 0.6 is 11.6 Å². The van der Waals surface area contributed by atoms with Crippen molar-refractivity contribution in [2.45, 2.75) is 24.0 Å². The van der Waals surface area contributed by atoms with E-state index in [0.717, 1.165) is 38.4 Å². The maximum atomic E-state index is 13.0. The van der Waals surface area contributed by atoms with Gasteiger partial charge in [-0.05, 0) is 38.1 Å². The zero-order chi connectivity index (χ0) is 31.9. The summed E-state index contributed by atoms with van der Waals surface area (Å²) in [4.78, 5) is 25.9. The number of methoxy groups -OCH3 is 2. The molecule has 0 aliphatic carbocycles. The number of aromatic nitrogens is 2. The highest BCUT2D eigenvalue weighted by molar-refractivity contribution is 7.92. The number of nitrogens with one attached hydrogen (secondary N) is 3. The molecule has 1 aliphatic heterocycles. The number of carbonyl (C=O) groups is 1. The van der Waals surface area contributed by atoms with E-state index in [1.54, 1.807) is 52.3 Å². The molecule has 1 amide bonds. The minimum absolute atomic E-state index is 0.138. The first-order valence-electron chi connectivity index (χ1n) is 14.1. The van der Waals surface area contributed by atoms with E-state index in [0.29, 0.717) is 29.4 Å². The fourth-order valence-corrected chi connectivity index (χ4v) is 5.99. The lowest BCUT2D eigenvalue weighted by Crippen LogP contribution is -2.47. The zero-order valence-corrected chi connectivity index (χ0v) is 26.8. The van der Waals surface area contributed by atoms with E-state index < -0.39 is 15.1 Å². The predicted octanol–water partition coefficient (Wildman–Crippen LogP) is 4.70. The van der Waals surface area contributed by atoms with E-state index in [1.807, 2.05) is 6.07 Å². The van der Waals surface area contributed by atoms with E-state index in [-0.39, 0.29) is 27.6 Å². The molecule has 0 radical (unpaired) electrons. The number of piperazine rings is 1. The molecule has 44 heavy (non-hydrogen) atoms. The summed E-state index contributed by atoms with van der Waals surface area (Å²) in [6.45, 7) is 11.5. The highest BCUT2D eigenvalue weighted by Crippen LogP contribution is 2.39. The van der Waals surface area contributed by atoms with Crippen LogP contribution in [0, 0.1) is 0 Å². The molecule has 1 fully saturated rings. The SMILES string of the molecule is C=CC(=O)Nc1cc(Nc2ncc(Cl)c(Nc3ccccc3S(=O)(=O)C(C)C)n2)c(OC)cc1N1CCN(CCOC)CC1. The van der Waals surface area contributed by atoms with Crippen molar-refractivity contribution in [1.82, 2.24) is 14.9 Å². The van der Waals surface area contributed by atoms with E-state index in [2.05, 4.69) is 42.3 Å². The molecule has 1 aromatic heterocycles. The Labute approximate surface area is 263 Å². The average molecular weight is 644 g/mol. The molecule has 12 nitrogen and oxygen atoms in total. The smallest absolute Gasteiger partial charge is 0.247 e. The van der Waals surface area contributed by atoms with Crippen LogP contribution in [-0.2, 0) is 19.4 Å². The van der Waals surface area contributed by atoms with Crippen molar-refractivity contribution in [3.8, 4) is 5.75 Å². The van der Waals surface area contributed by atoms with Gasteiger partial charge in [0.15, 0.2) is 15.7 Å². The topological polar surface area (TPSA) is 138 Å². The van der Waals surface area contributed by atoms with Gasteiger partial charge in [-0.1, -0.05) is 30.3 Å². The van der Waals surface area contributed by atoms with Crippen molar-refractivity contribution in [3.63, 3.8) is 0 Å². The summed E-state index contributed by atoms with van der Waals surface area (Å²) in [5, 5.41) is 8.68. The van der Waals surface area contributed by atoms with Gasteiger partial charge >= 0.3 is 0 Å². The second-order valence-corrected chi connectivity index (χ2v) is 13.2. The second-order valence-electron chi connectivity index (χ2n) is 10.3. The monoisotopic (exact) mass is 643 g/mol. The minimum atomic E-state index is -3.58. The molecule has 0 atom stereocenters. The number of anilines is 6. The molecule has 14 heteroatoms. The number of rotatable bonds is 13. The summed E-state index contributed by atoms with van der Waals surface area (Å²) < 4.78 is 36.8. The third kappa shape index (κ3) is 7.78. The standard InChI is InChI=1S/C30H38ClN7O5S/c1-6-28(39)33-23-17-24(26(43-5)18-25(23)38-13-11-37(12-14-38)15-16-42-4)35-30-32-19-21(31)29(36-30)34-22-9-7-8-10-27(22)44(40,41)20(2)3/h6-10,17-20H,1,11-16H2,2-5H3,(H,33,39)(H2,32,34,35,36). The Morgan fingerprint density at radius 3 is 2.48 bits per heavy atom. The molecular weight excluding hydrogens is 606 g/mol. The van der Waals surface area contributed by atoms with Gasteiger partial charge in [0.1, 0.15) is 10.8 Å². The molecule has 4 rings (SSSR count). The van der Waals surface area contributed by atoms with Gasteiger partial charge in [-0.15, -0.1) is 0 Å². The van der Waals surface area contributed by atoms with Gasteiger partial charge in [-0.2, -0.15) is 4.98 Å². The summed E-state index contributed by atoms with van der Waals surface area (Å²) >= 11 is 6.42. The Bertz CT molecular complexity index is 1590. The van der Waals surface area contributed by atoms with E-state index in [1.165, 1.54) is 18.3 Å². The predicted molar refractivity (Wildman–Crippen MR) is 175 cm³/mol. The minimum Gasteiger partial charge on any atom is -0.494 e. The first kappa shape index (κ1) is 33.0. The molecule has 3 aromatic rings. The van der Waals surface area contributed by atoms with E-state index >= 15 is 0 Å². The van der Waals surface area contributed by atoms with Crippen LogP contribution in [0.5, 0.6) is 5.75 Å². The number of hydrogen-bond donors (Lipinski definition) is 3. The van der Waals surface area contributed by atoms with E-state index in [9.17, 15) is 13.2 Å². The van der Waals surface area contributed by atoms with Crippen LogP contribution in [-0.4, -0.2) is 88.0 Å². The van der Waals surface area contributed by atoms with Crippen molar-refractivity contribution >= 4 is 61.9 Å². The van der Waals surface area contributed by atoms with Crippen LogP contribution in [0.1, 0.15) is 13.8 Å². The number of benzene rings is 2. The molecule has 2 aromatic carbocycles. The third-order valence-corrected chi connectivity index (χ3v) is 9.63. The highest BCUT2D eigenvalue weighted by Gasteiger charge is 2.24. The van der Waals surface area contributed by atoms with Crippen molar-refractivity contribution in [2.24, 2.45) is 0 Å². The normalized spacial score (nSPS) is 13.9. The average Bonchev–Trinajstić information content (AvgIpc) is 3.02. The molecule has 3 N–H and O–H groups in total. The Kier molecular flexibility index (Phi) is 11.0. The molecule has 0 spiro atoms. The lowest BCUT2D eigenvalue weighted by molar-refractivity contribution is -0.111. The van der Waals surface area contributed by atoms with Gasteiger partial charge in [-0.3, -0.25) is 9.69 Å². The number of para-hydroxylation sites is 1. The van der Waals surface area contributed by atoms with Gasteiger partial charge in [0.25, 0.3) is 0 Å². The van der Waals surface area contributed by atoms with Crippen LogP contribution in [0.4, 0.5) is 34.5 Å². The highest BCUT2D eigenvalue weighted by atomic mass is 35.5. The quantitative estimate of drug-likeness (QED) is 0.223. The van der Waals surface area contributed by atoms with Gasteiger partial charge in [0, 0.05) is 45.9 Å². The van der Waals surface area contributed by atoms with Crippen LogP contribution in [0.25, 0.3) is 0 Å². The summed E-state index contributed by atoms with van der Waals surface area (Å²) in [6, 6.07) is 10.2. The first-order valence-corrected chi connectivity index (χ1v) is 16.0. The van der Waals surface area contributed by atoms with Gasteiger partial charge in [0.2, 0.25) is 11.9 Å². The summed E-state index contributed by atoms with van der Waals surface area (Å²) in [7, 11) is -0.335. The molecule has 0 unspecified atom stereocenters. The largest absolute Gasteiger partial charge is 0.494 e. The van der Waals surface area contributed by atoms with Gasteiger partial charge in [-0.25, -0.2) is 13.4 Å². The van der Waals surface area contributed by atoms with E-state index in [4.69, 9.17) is 21.1 Å². The summed E-state index contributed by atoms with van der Waals surface area (Å²) in [5.41, 5.74) is 2.19. The molecule has 1 saturated heterocycles. The van der Waals surface area contributed by atoms with Crippen LogP contribution in [0.15, 0.2) is 60.1 Å². The summed E-state index contributed by atoms with van der Waals surface area (Å²) in [5.74, 6) is 0.516. The number of carbonyl (C=O) groups excluding carboxylic acids is 1. The number of sulfone groups is 1. The van der Waals surface area contributed by atoms with Crippen molar-refractivity contribution < 1.29 is 22.7 Å². The number of hydrogen-bond acceptors (Lipinski definition) is 11. The Balaban J connectivity index is 1.64. The molecule has 0 bridgehead atoms.